The highest BCUT2D eigenvalue weighted by Crippen LogP contribution is 2.42. The second kappa shape index (κ2) is 12.6. The number of aliphatic hydroxyl groups is 1. The van der Waals surface area contributed by atoms with Crippen LogP contribution >= 0.6 is 0 Å². The molecular formula is C32H25N5O8S. The number of aromatic carboxylic acids is 1. The van der Waals surface area contributed by atoms with Crippen LogP contribution in [0.1, 0.15) is 22.8 Å². The Hall–Kier alpha value is -5.99. The van der Waals surface area contributed by atoms with E-state index in [1.54, 1.807) is 55.5 Å². The number of benzene rings is 5. The lowest BCUT2D eigenvalue weighted by molar-refractivity contribution is 0.0693. The third-order valence-corrected chi connectivity index (χ3v) is 7.60. The number of hydrogen-bond acceptors (Lipinski definition) is 10. The van der Waals surface area contributed by atoms with Crippen LogP contribution in [0.3, 0.4) is 0 Å². The Kier molecular flexibility index (Phi) is 8.58. The zero-order chi connectivity index (χ0) is 33.2. The summed E-state index contributed by atoms with van der Waals surface area (Å²) in [5.74, 6) is -2.32. The second-order valence-electron chi connectivity index (χ2n) is 10.1. The van der Waals surface area contributed by atoms with Crippen LogP contribution in [0.2, 0.25) is 0 Å². The molecule has 0 aliphatic heterocycles. The van der Waals surface area contributed by atoms with Gasteiger partial charge in [0.1, 0.15) is 21.9 Å². The summed E-state index contributed by atoms with van der Waals surface area (Å²) in [7, 11) is -4.81. The van der Waals surface area contributed by atoms with E-state index in [1.165, 1.54) is 37.3 Å². The lowest BCUT2D eigenvalue weighted by atomic mass is 10.1. The summed E-state index contributed by atoms with van der Waals surface area (Å²) >= 11 is 0. The van der Waals surface area contributed by atoms with E-state index in [-0.39, 0.29) is 33.7 Å². The van der Waals surface area contributed by atoms with Crippen molar-refractivity contribution in [3.8, 4) is 22.6 Å². The number of rotatable bonds is 8. The monoisotopic (exact) mass is 639 g/mol. The number of carboxylic acids is 1. The van der Waals surface area contributed by atoms with E-state index in [2.05, 4.69) is 25.4 Å². The number of nitrogens with zero attached hydrogens (tertiary/aromatic N) is 5. The number of aliphatic hydroxyl groups excluding tert-OH is 1. The number of phenols is 2. The van der Waals surface area contributed by atoms with E-state index in [1.807, 2.05) is 0 Å². The van der Waals surface area contributed by atoms with E-state index in [4.69, 9.17) is 0 Å². The van der Waals surface area contributed by atoms with Gasteiger partial charge in [0.2, 0.25) is 0 Å². The summed E-state index contributed by atoms with van der Waals surface area (Å²) in [5.41, 5.74) is 2.72. The summed E-state index contributed by atoms with van der Waals surface area (Å²) in [6, 6.07) is 22.1. The molecule has 0 unspecified atom stereocenters. The Labute approximate surface area is 262 Å². The van der Waals surface area contributed by atoms with Crippen LogP contribution in [-0.2, 0) is 10.1 Å². The predicted molar refractivity (Wildman–Crippen MR) is 171 cm³/mol. The van der Waals surface area contributed by atoms with Crippen LogP contribution in [0.4, 0.5) is 28.4 Å². The van der Waals surface area contributed by atoms with Crippen molar-refractivity contribution in [1.29, 1.82) is 0 Å². The molecule has 0 saturated heterocycles. The van der Waals surface area contributed by atoms with Gasteiger partial charge in [-0.3, -0.25) is 4.55 Å². The van der Waals surface area contributed by atoms with Gasteiger partial charge in [-0.25, -0.2) is 9.79 Å². The van der Waals surface area contributed by atoms with Gasteiger partial charge in [-0.15, -0.1) is 5.11 Å². The van der Waals surface area contributed by atoms with Crippen molar-refractivity contribution in [2.24, 2.45) is 25.4 Å². The molecule has 0 atom stereocenters. The largest absolute Gasteiger partial charge is 0.507 e. The summed E-state index contributed by atoms with van der Waals surface area (Å²) in [5, 5.41) is 56.2. The molecule has 0 amide bonds. The van der Waals surface area contributed by atoms with Gasteiger partial charge in [0.05, 0.1) is 22.7 Å². The number of phenolic OH excluding ortho intramolecular Hbond substituents is 1. The third-order valence-electron chi connectivity index (χ3n) is 6.73. The molecule has 0 bridgehead atoms. The summed E-state index contributed by atoms with van der Waals surface area (Å²) in [6.07, 6.45) is 0. The van der Waals surface area contributed by atoms with Gasteiger partial charge in [0.25, 0.3) is 10.1 Å². The van der Waals surface area contributed by atoms with Gasteiger partial charge in [-0.05, 0) is 89.7 Å². The van der Waals surface area contributed by atoms with Crippen LogP contribution in [-0.4, -0.2) is 45.3 Å². The zero-order valence-corrected chi connectivity index (χ0v) is 25.0. The molecule has 232 valence electrons. The number of carboxylic acid groups (broad SMARTS) is 1. The first-order valence-electron chi connectivity index (χ1n) is 13.4. The molecule has 14 heteroatoms. The molecule has 5 N–H and O–H groups in total. The number of aromatic hydroxyl groups is 2. The number of aryl methyl sites for hydroxylation is 1. The summed E-state index contributed by atoms with van der Waals surface area (Å²) < 4.78 is 34.2. The maximum atomic E-state index is 12.2. The lowest BCUT2D eigenvalue weighted by Gasteiger charge is -2.09. The second-order valence-corrected chi connectivity index (χ2v) is 11.5. The number of azo groups is 2. The summed E-state index contributed by atoms with van der Waals surface area (Å²) in [4.78, 5) is 14.6. The van der Waals surface area contributed by atoms with Crippen molar-refractivity contribution in [1.82, 2.24) is 0 Å². The molecule has 0 spiro atoms. The minimum absolute atomic E-state index is 0.213. The Morgan fingerprint density at radius 3 is 1.76 bits per heavy atom. The third kappa shape index (κ3) is 6.88. The fourth-order valence-corrected chi connectivity index (χ4v) is 5.19. The molecule has 0 saturated carbocycles. The molecule has 0 aromatic heterocycles. The first-order valence-corrected chi connectivity index (χ1v) is 14.9. The maximum absolute atomic E-state index is 12.2. The molecule has 0 aliphatic carbocycles. The molecule has 13 nitrogen and oxygen atoms in total. The molecule has 0 radical (unpaired) electrons. The van der Waals surface area contributed by atoms with Crippen LogP contribution < -0.4 is 0 Å². The van der Waals surface area contributed by atoms with Crippen LogP contribution in [0.25, 0.3) is 21.9 Å². The van der Waals surface area contributed by atoms with Crippen molar-refractivity contribution < 1.29 is 38.2 Å². The SMILES string of the molecule is CC(O)=Nc1ccc2c(O)c(N=Nc3ccc(-c4ccc(N=Nc5cc(C)c(O)c(C(=O)O)c5)cc4)cc3)c(S(=O)(=O)O)cc2c1. The zero-order valence-electron chi connectivity index (χ0n) is 24.2. The van der Waals surface area contributed by atoms with Crippen LogP contribution in [0.15, 0.2) is 115 Å². The Morgan fingerprint density at radius 1 is 0.674 bits per heavy atom. The van der Waals surface area contributed by atoms with Gasteiger partial charge in [-0.2, -0.15) is 23.8 Å². The Bertz CT molecular complexity index is 2190. The molecule has 5 rings (SSSR count). The van der Waals surface area contributed by atoms with E-state index in [0.29, 0.717) is 22.6 Å². The van der Waals surface area contributed by atoms with Crippen molar-refractivity contribution in [2.75, 3.05) is 0 Å². The van der Waals surface area contributed by atoms with Gasteiger partial charge in [0, 0.05) is 12.3 Å². The maximum Gasteiger partial charge on any atom is 0.339 e. The first-order chi connectivity index (χ1) is 21.8. The smallest absolute Gasteiger partial charge is 0.339 e. The number of fused-ring (bicyclic) bond motifs is 1. The minimum Gasteiger partial charge on any atom is -0.507 e. The van der Waals surface area contributed by atoms with Crippen molar-refractivity contribution >= 4 is 61.2 Å². The number of hydrogen-bond donors (Lipinski definition) is 5. The van der Waals surface area contributed by atoms with Gasteiger partial charge in [0.15, 0.2) is 11.6 Å². The molecular weight excluding hydrogens is 614 g/mol. The van der Waals surface area contributed by atoms with E-state index in [9.17, 15) is 38.2 Å². The number of aliphatic imine (C=N–C) groups is 1. The first kappa shape index (κ1) is 31.4. The van der Waals surface area contributed by atoms with Crippen LogP contribution in [0, 0.1) is 6.92 Å². The molecule has 0 fully saturated rings. The van der Waals surface area contributed by atoms with Crippen LogP contribution in [0.5, 0.6) is 11.5 Å². The standard InChI is InChI=1S/C32H25N5O8S/c1-17-13-25(16-27(30(17)39)32(41)42)36-34-22-7-3-19(4-8-22)20-5-9-23(10-6-20)35-37-29-28(46(43,44)45)15-21-14-24(33-18(2)38)11-12-26(21)31(29)40/h3-16,39-40H,1-2H3,(H,33,38)(H,41,42)(H,43,44,45). The molecule has 0 aliphatic rings. The van der Waals surface area contributed by atoms with Crippen molar-refractivity contribution in [3.63, 3.8) is 0 Å². The highest BCUT2D eigenvalue weighted by Gasteiger charge is 2.22. The van der Waals surface area contributed by atoms with Crippen molar-refractivity contribution in [2.45, 2.75) is 18.7 Å². The molecule has 0 heterocycles. The minimum atomic E-state index is -4.81. The molecule has 46 heavy (non-hydrogen) atoms. The quantitative estimate of drug-likeness (QED) is 0.0478. The Balaban J connectivity index is 1.37. The lowest BCUT2D eigenvalue weighted by Crippen LogP contribution is -1.99. The highest BCUT2D eigenvalue weighted by atomic mass is 32.2. The van der Waals surface area contributed by atoms with E-state index >= 15 is 0 Å². The van der Waals surface area contributed by atoms with Gasteiger partial charge < -0.3 is 20.4 Å². The molecule has 5 aromatic rings. The average molecular weight is 640 g/mol. The van der Waals surface area contributed by atoms with Crippen molar-refractivity contribution in [3.05, 3.63) is 96.1 Å². The van der Waals surface area contributed by atoms with Gasteiger partial charge in [-0.1, -0.05) is 24.3 Å². The Morgan fingerprint density at radius 2 is 1.22 bits per heavy atom. The number of carbonyl (C=O) groups is 1. The average Bonchev–Trinajstić information content (AvgIpc) is 3.00. The molecule has 5 aromatic carbocycles. The normalized spacial score (nSPS) is 12.4. The van der Waals surface area contributed by atoms with Gasteiger partial charge >= 0.3 is 5.97 Å². The summed E-state index contributed by atoms with van der Waals surface area (Å²) in [6.45, 7) is 2.94. The fourth-order valence-electron chi connectivity index (χ4n) is 4.53. The van der Waals surface area contributed by atoms with E-state index in [0.717, 1.165) is 17.2 Å². The van der Waals surface area contributed by atoms with E-state index < -0.39 is 32.4 Å². The highest BCUT2D eigenvalue weighted by molar-refractivity contribution is 7.86. The fraction of sp³-hybridized carbons (Fsp3) is 0.0625. The topological polar surface area (TPSA) is 214 Å². The predicted octanol–water partition coefficient (Wildman–Crippen LogP) is 8.61.